The first-order valence-corrected chi connectivity index (χ1v) is 23.3. The molecule has 0 radical (unpaired) electrons. The predicted molar refractivity (Wildman–Crippen MR) is 254 cm³/mol. The summed E-state index contributed by atoms with van der Waals surface area (Å²) in [6.45, 7) is -1.32. The van der Waals surface area contributed by atoms with Crippen molar-refractivity contribution in [2.75, 3.05) is 13.2 Å². The minimum absolute atomic E-state index is 0.0391. The monoisotopic (exact) mass is 999 g/mol. The number of rotatable bonds is 17. The number of aliphatic hydroxyl groups excluding tert-OH is 2. The molecule has 370 valence electrons. The number of hydrogen-bond acceptors (Lipinski definition) is 18. The lowest BCUT2D eigenvalue weighted by Gasteiger charge is -2.48. The van der Waals surface area contributed by atoms with Crippen molar-refractivity contribution < 1.29 is 77.0 Å². The second-order valence-electron chi connectivity index (χ2n) is 16.2. The molecule has 2 heterocycles. The van der Waals surface area contributed by atoms with Gasteiger partial charge in [-0.15, -0.1) is 0 Å². The van der Waals surface area contributed by atoms with Gasteiger partial charge >= 0.3 is 29.8 Å². The molecular weight excluding hydrogens is 955 g/mol. The van der Waals surface area contributed by atoms with E-state index in [0.717, 1.165) is 11.8 Å². The Bertz CT molecular complexity index is 2790. The molecule has 8 rings (SSSR count). The highest BCUT2D eigenvalue weighted by Crippen LogP contribution is 2.40. The standard InChI is InChI=1S/C53H45NO17S/c55-41-39(30-64-47(57)32-16-6-1-7-17-32)66-52(44(42(41)56)68-49(59)34-20-10-3-11-21-34)71-43-40(31-65-48(58)33-18-8-2-9-19-33)67-53(72-38-28-26-37(27-29-38)54(62)63)46(70-51(61)36-24-14-5-15-25-36)45(43)69-50(60)35-22-12-4-13-23-35/h1-29,39-46,52-53,55-56H,30-31H2/t39-,40-,41+,42+,43-,44-,45+,46-,52+,53+/m1/s1. The van der Waals surface area contributed by atoms with Crippen molar-refractivity contribution in [3.63, 3.8) is 0 Å². The summed E-state index contributed by atoms with van der Waals surface area (Å²) in [4.78, 5) is 80.3. The molecule has 0 aromatic heterocycles. The Morgan fingerprint density at radius 2 is 0.861 bits per heavy atom. The highest BCUT2D eigenvalue weighted by Gasteiger charge is 2.56. The predicted octanol–water partition coefficient (Wildman–Crippen LogP) is 6.63. The molecule has 0 saturated carbocycles. The Hall–Kier alpha value is -7.78. The number of benzene rings is 6. The van der Waals surface area contributed by atoms with E-state index in [-0.39, 0.29) is 33.5 Å². The molecule has 6 aromatic carbocycles. The summed E-state index contributed by atoms with van der Waals surface area (Å²) >= 11 is 0.923. The van der Waals surface area contributed by atoms with E-state index in [1.54, 1.807) is 91.0 Å². The summed E-state index contributed by atoms with van der Waals surface area (Å²) < 4.78 is 49.3. The van der Waals surface area contributed by atoms with Gasteiger partial charge in [-0.25, -0.2) is 24.0 Å². The number of carbonyl (C=O) groups excluding carboxylic acids is 5. The van der Waals surface area contributed by atoms with Crippen molar-refractivity contribution in [2.24, 2.45) is 0 Å². The largest absolute Gasteiger partial charge is 0.459 e. The second-order valence-corrected chi connectivity index (χ2v) is 17.3. The van der Waals surface area contributed by atoms with Crippen molar-refractivity contribution in [2.45, 2.75) is 65.5 Å². The summed E-state index contributed by atoms with van der Waals surface area (Å²) in [5.74, 6) is -4.45. The van der Waals surface area contributed by atoms with Crippen LogP contribution in [-0.2, 0) is 37.9 Å². The van der Waals surface area contributed by atoms with Gasteiger partial charge < -0.3 is 48.1 Å². The third-order valence-corrected chi connectivity index (χ3v) is 12.5. The van der Waals surface area contributed by atoms with Crippen LogP contribution in [0.1, 0.15) is 51.8 Å². The molecule has 18 nitrogen and oxygen atoms in total. The molecule has 0 unspecified atom stereocenters. The van der Waals surface area contributed by atoms with Crippen LogP contribution in [0.5, 0.6) is 0 Å². The molecule has 0 amide bonds. The van der Waals surface area contributed by atoms with E-state index in [2.05, 4.69) is 0 Å². The summed E-state index contributed by atoms with van der Waals surface area (Å²) in [5, 5.41) is 35.0. The summed E-state index contributed by atoms with van der Waals surface area (Å²) in [6.07, 6.45) is -15.9. The fourth-order valence-electron chi connectivity index (χ4n) is 7.67. The van der Waals surface area contributed by atoms with Gasteiger partial charge in [0.05, 0.1) is 32.7 Å². The molecule has 2 aliphatic rings. The molecule has 19 heteroatoms. The van der Waals surface area contributed by atoms with Gasteiger partial charge in [-0.05, 0) is 72.8 Å². The van der Waals surface area contributed by atoms with Gasteiger partial charge in [0.15, 0.2) is 24.6 Å². The van der Waals surface area contributed by atoms with Crippen LogP contribution in [0.4, 0.5) is 5.69 Å². The number of nitro groups is 1. The fourth-order valence-corrected chi connectivity index (χ4v) is 8.78. The Morgan fingerprint density at radius 3 is 1.29 bits per heavy atom. The second kappa shape index (κ2) is 23.9. The van der Waals surface area contributed by atoms with Crippen LogP contribution >= 0.6 is 11.8 Å². The number of thioether (sulfide) groups is 1. The molecule has 2 aliphatic heterocycles. The number of aliphatic hydroxyl groups is 2. The maximum absolute atomic E-state index is 14.3. The summed E-state index contributed by atoms with van der Waals surface area (Å²) in [7, 11) is 0. The quantitative estimate of drug-likeness (QED) is 0.0421. The number of nitrogens with zero attached hydrogens (tertiary/aromatic N) is 1. The normalized spacial score (nSPS) is 23.6. The Kier molecular flexibility index (Phi) is 16.8. The molecule has 2 fully saturated rings. The van der Waals surface area contributed by atoms with Crippen LogP contribution in [-0.4, -0.2) is 119 Å². The zero-order chi connectivity index (χ0) is 50.6. The third kappa shape index (κ3) is 12.6. The van der Waals surface area contributed by atoms with Crippen LogP contribution < -0.4 is 0 Å². The van der Waals surface area contributed by atoms with Crippen molar-refractivity contribution in [3.8, 4) is 0 Å². The van der Waals surface area contributed by atoms with E-state index in [9.17, 15) is 44.3 Å². The number of hydrogen-bond donors (Lipinski definition) is 2. The van der Waals surface area contributed by atoms with Crippen LogP contribution in [0.15, 0.2) is 181 Å². The molecule has 6 aromatic rings. The zero-order valence-electron chi connectivity index (χ0n) is 37.8. The topological polar surface area (TPSA) is 243 Å². The first-order valence-electron chi connectivity index (χ1n) is 22.4. The molecule has 0 aliphatic carbocycles. The SMILES string of the molecule is O=C(OC[C@H]1O[C@@H](O[C@H]2[C@H](OC(=O)c3ccccc3)[C@@H](OC(=O)c3ccccc3)[C@H](Sc3ccc([N+](=O)[O-])cc3)O[C@@H]2COC(=O)c2ccccc2)[C@H](OC(=O)c2ccccc2)[C@@H](O)[C@H]1O)c1ccccc1. The van der Waals surface area contributed by atoms with Crippen LogP contribution in [0.25, 0.3) is 0 Å². The fraction of sp³-hybridized carbons (Fsp3) is 0.226. The molecule has 2 saturated heterocycles. The van der Waals surface area contributed by atoms with Gasteiger partial charge in [0, 0.05) is 17.0 Å². The average molecular weight is 1000 g/mol. The number of nitro benzene ring substituents is 1. The maximum atomic E-state index is 14.3. The Labute approximate surface area is 415 Å². The van der Waals surface area contributed by atoms with E-state index in [4.69, 9.17) is 37.9 Å². The average Bonchev–Trinajstić information content (AvgIpc) is 3.42. The van der Waals surface area contributed by atoms with E-state index in [1.165, 1.54) is 84.9 Å². The smallest absolute Gasteiger partial charge is 0.338 e. The first-order chi connectivity index (χ1) is 34.9. The lowest BCUT2D eigenvalue weighted by atomic mass is 9.96. The first kappa shape index (κ1) is 50.6. The lowest BCUT2D eigenvalue weighted by molar-refractivity contribution is -0.384. The van der Waals surface area contributed by atoms with Crippen LogP contribution in [0.3, 0.4) is 0 Å². The van der Waals surface area contributed by atoms with Gasteiger partial charge in [0.1, 0.15) is 49.2 Å². The minimum Gasteiger partial charge on any atom is -0.459 e. The van der Waals surface area contributed by atoms with Gasteiger partial charge in [-0.3, -0.25) is 10.1 Å². The lowest BCUT2D eigenvalue weighted by Crippen LogP contribution is -2.66. The number of esters is 5. The maximum Gasteiger partial charge on any atom is 0.338 e. The van der Waals surface area contributed by atoms with E-state index < -0.39 is 109 Å². The van der Waals surface area contributed by atoms with Crippen LogP contribution in [0, 0.1) is 10.1 Å². The van der Waals surface area contributed by atoms with Crippen molar-refractivity contribution in [1.29, 1.82) is 0 Å². The number of ether oxygens (including phenoxy) is 8. The van der Waals surface area contributed by atoms with Gasteiger partial charge in [0.25, 0.3) is 5.69 Å². The minimum atomic E-state index is -2.00. The highest BCUT2D eigenvalue weighted by atomic mass is 32.2. The molecular formula is C53H45NO17S. The summed E-state index contributed by atoms with van der Waals surface area (Å²) in [5.41, 5.74) is -1.11. The van der Waals surface area contributed by atoms with Crippen molar-refractivity contribution in [3.05, 3.63) is 214 Å². The van der Waals surface area contributed by atoms with Gasteiger partial charge in [-0.1, -0.05) is 103 Å². The van der Waals surface area contributed by atoms with E-state index in [0.29, 0.717) is 4.90 Å². The third-order valence-electron chi connectivity index (χ3n) is 11.4. The van der Waals surface area contributed by atoms with E-state index in [1.807, 2.05) is 0 Å². The van der Waals surface area contributed by atoms with Gasteiger partial charge in [0.2, 0.25) is 0 Å². The Balaban J connectivity index is 1.22. The highest BCUT2D eigenvalue weighted by molar-refractivity contribution is 7.99. The van der Waals surface area contributed by atoms with Crippen molar-refractivity contribution in [1.82, 2.24) is 0 Å². The van der Waals surface area contributed by atoms with Crippen LogP contribution in [0.2, 0.25) is 0 Å². The summed E-state index contributed by atoms with van der Waals surface area (Å²) in [6, 6.07) is 44.5. The molecule has 72 heavy (non-hydrogen) atoms. The molecule has 0 bridgehead atoms. The van der Waals surface area contributed by atoms with Gasteiger partial charge in [-0.2, -0.15) is 0 Å². The Morgan fingerprint density at radius 1 is 0.472 bits per heavy atom. The number of non-ortho nitro benzene ring substituents is 1. The number of carbonyl (C=O) groups is 5. The van der Waals surface area contributed by atoms with E-state index >= 15 is 0 Å². The molecule has 10 atom stereocenters. The molecule has 0 spiro atoms. The zero-order valence-corrected chi connectivity index (χ0v) is 38.6. The van der Waals surface area contributed by atoms with Crippen molar-refractivity contribution >= 4 is 47.3 Å². The molecule has 2 N–H and O–H groups in total.